The Balaban J connectivity index is 1.77. The molecule has 3 rings (SSSR count). The molecule has 1 aliphatic rings. The number of imidazole rings is 1. The summed E-state index contributed by atoms with van der Waals surface area (Å²) in [6, 6.07) is 7.73. The van der Waals surface area contributed by atoms with Crippen LogP contribution in [0.15, 0.2) is 29.4 Å². The number of nitrogens with one attached hydrogen (secondary N) is 1. The SMILES string of the molecule is CC(C)(C)NC(=O)CSc1nc2ccccc2n1CC(=O)N1CCOCC1. The van der Waals surface area contributed by atoms with Gasteiger partial charge in [0.15, 0.2) is 5.16 Å². The number of para-hydroxylation sites is 2. The van der Waals surface area contributed by atoms with Gasteiger partial charge < -0.3 is 19.5 Å². The first kappa shape index (κ1) is 19.7. The molecule has 0 spiro atoms. The first-order valence-electron chi connectivity index (χ1n) is 9.08. The highest BCUT2D eigenvalue weighted by molar-refractivity contribution is 7.99. The monoisotopic (exact) mass is 390 g/mol. The summed E-state index contributed by atoms with van der Waals surface area (Å²) in [5.41, 5.74) is 1.45. The predicted octanol–water partition coefficient (Wildman–Crippen LogP) is 1.90. The van der Waals surface area contributed by atoms with Crippen LogP contribution in [0.1, 0.15) is 20.8 Å². The standard InChI is InChI=1S/C19H26N4O3S/c1-19(2,3)21-16(24)13-27-18-20-14-6-4-5-7-15(14)23(18)12-17(25)22-8-10-26-11-9-22/h4-7H,8-13H2,1-3H3,(H,21,24). The molecule has 1 saturated heterocycles. The van der Waals surface area contributed by atoms with Crippen molar-refractivity contribution in [2.45, 2.75) is 38.0 Å². The van der Waals surface area contributed by atoms with Crippen molar-refractivity contribution in [3.05, 3.63) is 24.3 Å². The Bertz CT molecular complexity index is 822. The van der Waals surface area contributed by atoms with Gasteiger partial charge in [-0.1, -0.05) is 23.9 Å². The third kappa shape index (κ3) is 5.23. The van der Waals surface area contributed by atoms with Crippen LogP contribution < -0.4 is 5.32 Å². The fourth-order valence-electron chi connectivity index (χ4n) is 2.95. The molecule has 27 heavy (non-hydrogen) atoms. The van der Waals surface area contributed by atoms with Crippen LogP contribution in [0.4, 0.5) is 0 Å². The average Bonchev–Trinajstić information content (AvgIpc) is 2.97. The molecular weight excluding hydrogens is 364 g/mol. The summed E-state index contributed by atoms with van der Waals surface area (Å²) in [6.07, 6.45) is 0. The lowest BCUT2D eigenvalue weighted by molar-refractivity contribution is -0.136. The summed E-state index contributed by atoms with van der Waals surface area (Å²) in [4.78, 5) is 31.3. The highest BCUT2D eigenvalue weighted by atomic mass is 32.2. The molecule has 1 fully saturated rings. The molecule has 0 unspecified atom stereocenters. The summed E-state index contributed by atoms with van der Waals surface area (Å²) in [5.74, 6) is 0.250. The zero-order valence-corrected chi connectivity index (χ0v) is 16.8. The lowest BCUT2D eigenvalue weighted by Gasteiger charge is -2.27. The minimum Gasteiger partial charge on any atom is -0.378 e. The van der Waals surface area contributed by atoms with E-state index in [0.717, 1.165) is 11.0 Å². The molecule has 8 heteroatoms. The fraction of sp³-hybridized carbons (Fsp3) is 0.526. The largest absolute Gasteiger partial charge is 0.378 e. The predicted molar refractivity (Wildman–Crippen MR) is 106 cm³/mol. The van der Waals surface area contributed by atoms with Gasteiger partial charge in [0.25, 0.3) is 0 Å². The number of morpholine rings is 1. The molecule has 0 radical (unpaired) electrons. The van der Waals surface area contributed by atoms with Crippen LogP contribution in [0.3, 0.4) is 0 Å². The van der Waals surface area contributed by atoms with Gasteiger partial charge in [-0.2, -0.15) is 0 Å². The first-order valence-corrected chi connectivity index (χ1v) is 10.1. The van der Waals surface area contributed by atoms with Crippen molar-refractivity contribution in [2.75, 3.05) is 32.1 Å². The van der Waals surface area contributed by atoms with Crippen LogP contribution in [-0.4, -0.2) is 63.9 Å². The Morgan fingerprint density at radius 1 is 1.22 bits per heavy atom. The zero-order valence-electron chi connectivity index (χ0n) is 16.0. The second-order valence-electron chi connectivity index (χ2n) is 7.55. The molecule has 0 saturated carbocycles. The van der Waals surface area contributed by atoms with Crippen molar-refractivity contribution in [3.8, 4) is 0 Å². The van der Waals surface area contributed by atoms with Crippen LogP contribution in [0.2, 0.25) is 0 Å². The van der Waals surface area contributed by atoms with E-state index in [0.29, 0.717) is 31.5 Å². The second kappa shape index (κ2) is 8.31. The number of hydrogen-bond donors (Lipinski definition) is 1. The van der Waals surface area contributed by atoms with E-state index in [9.17, 15) is 9.59 Å². The van der Waals surface area contributed by atoms with Crippen molar-refractivity contribution in [2.24, 2.45) is 0 Å². The lowest BCUT2D eigenvalue weighted by atomic mass is 10.1. The first-order chi connectivity index (χ1) is 12.8. The number of nitrogens with zero attached hydrogens (tertiary/aromatic N) is 3. The summed E-state index contributed by atoms with van der Waals surface area (Å²) in [7, 11) is 0. The Hall–Kier alpha value is -2.06. The van der Waals surface area contributed by atoms with Gasteiger partial charge in [0, 0.05) is 18.6 Å². The molecule has 0 bridgehead atoms. The number of amides is 2. The quantitative estimate of drug-likeness (QED) is 0.789. The van der Waals surface area contributed by atoms with Gasteiger partial charge in [0.2, 0.25) is 11.8 Å². The highest BCUT2D eigenvalue weighted by Gasteiger charge is 2.21. The number of ether oxygens (including phenoxy) is 1. The van der Waals surface area contributed by atoms with E-state index in [2.05, 4.69) is 10.3 Å². The zero-order chi connectivity index (χ0) is 19.4. The maximum atomic E-state index is 12.7. The van der Waals surface area contributed by atoms with E-state index in [1.54, 1.807) is 0 Å². The molecule has 1 aliphatic heterocycles. The van der Waals surface area contributed by atoms with Crippen LogP contribution in [-0.2, 0) is 20.9 Å². The number of carbonyl (C=O) groups is 2. The van der Waals surface area contributed by atoms with E-state index in [4.69, 9.17) is 4.74 Å². The Morgan fingerprint density at radius 2 is 1.93 bits per heavy atom. The molecule has 1 aromatic carbocycles. The van der Waals surface area contributed by atoms with Gasteiger partial charge in [-0.15, -0.1) is 0 Å². The van der Waals surface area contributed by atoms with E-state index in [1.165, 1.54) is 11.8 Å². The van der Waals surface area contributed by atoms with Crippen LogP contribution in [0, 0.1) is 0 Å². The molecule has 0 atom stereocenters. The molecule has 1 N–H and O–H groups in total. The van der Waals surface area contributed by atoms with Gasteiger partial charge in [-0.05, 0) is 32.9 Å². The molecule has 1 aromatic heterocycles. The lowest BCUT2D eigenvalue weighted by Crippen LogP contribution is -2.42. The maximum absolute atomic E-state index is 12.7. The number of rotatable bonds is 5. The number of aromatic nitrogens is 2. The molecule has 146 valence electrons. The van der Waals surface area contributed by atoms with E-state index in [1.807, 2.05) is 54.5 Å². The van der Waals surface area contributed by atoms with Gasteiger partial charge in [-0.3, -0.25) is 9.59 Å². The second-order valence-corrected chi connectivity index (χ2v) is 8.49. The van der Waals surface area contributed by atoms with E-state index >= 15 is 0 Å². The molecule has 7 nitrogen and oxygen atoms in total. The van der Waals surface area contributed by atoms with Gasteiger partial charge >= 0.3 is 0 Å². The van der Waals surface area contributed by atoms with Crippen molar-refractivity contribution >= 4 is 34.6 Å². The van der Waals surface area contributed by atoms with Crippen LogP contribution in [0.5, 0.6) is 0 Å². The average molecular weight is 391 g/mol. The van der Waals surface area contributed by atoms with Gasteiger partial charge in [-0.25, -0.2) is 4.98 Å². The molecule has 2 amide bonds. The summed E-state index contributed by atoms with van der Waals surface area (Å²) < 4.78 is 7.23. The Kier molecular flexibility index (Phi) is 6.06. The minimum absolute atomic E-state index is 0.0439. The van der Waals surface area contributed by atoms with Crippen molar-refractivity contribution in [1.82, 2.24) is 19.8 Å². The third-order valence-electron chi connectivity index (χ3n) is 4.12. The maximum Gasteiger partial charge on any atom is 0.242 e. The number of hydrogen-bond acceptors (Lipinski definition) is 5. The van der Waals surface area contributed by atoms with Crippen molar-refractivity contribution in [1.29, 1.82) is 0 Å². The fourth-order valence-corrected chi connectivity index (χ4v) is 3.76. The van der Waals surface area contributed by atoms with Crippen molar-refractivity contribution < 1.29 is 14.3 Å². The highest BCUT2D eigenvalue weighted by Crippen LogP contribution is 2.24. The Morgan fingerprint density at radius 3 is 2.63 bits per heavy atom. The molecule has 0 aliphatic carbocycles. The molecular formula is C19H26N4O3S. The number of carbonyl (C=O) groups excluding carboxylic acids is 2. The van der Waals surface area contributed by atoms with Gasteiger partial charge in [0.1, 0.15) is 6.54 Å². The third-order valence-corrected chi connectivity index (χ3v) is 5.10. The number of thioether (sulfide) groups is 1. The van der Waals surface area contributed by atoms with Gasteiger partial charge in [0.05, 0.1) is 30.0 Å². The van der Waals surface area contributed by atoms with Crippen molar-refractivity contribution in [3.63, 3.8) is 0 Å². The van der Waals surface area contributed by atoms with Crippen LogP contribution in [0.25, 0.3) is 11.0 Å². The van der Waals surface area contributed by atoms with E-state index < -0.39 is 0 Å². The Labute approximate surface area is 163 Å². The smallest absolute Gasteiger partial charge is 0.242 e. The minimum atomic E-state index is -0.274. The topological polar surface area (TPSA) is 76.5 Å². The molecule has 2 aromatic rings. The summed E-state index contributed by atoms with van der Waals surface area (Å²) in [6.45, 7) is 8.44. The van der Waals surface area contributed by atoms with Crippen LogP contribution >= 0.6 is 11.8 Å². The van der Waals surface area contributed by atoms with E-state index in [-0.39, 0.29) is 29.7 Å². The number of fused-ring (bicyclic) bond motifs is 1. The normalized spacial score (nSPS) is 15.1. The molecule has 2 heterocycles. The summed E-state index contributed by atoms with van der Waals surface area (Å²) in [5, 5.41) is 3.63. The summed E-state index contributed by atoms with van der Waals surface area (Å²) >= 11 is 1.35. The number of benzene rings is 1.